The maximum atomic E-state index is 12.1. The first-order chi connectivity index (χ1) is 7.68. The molecule has 0 bridgehead atoms. The normalized spacial score (nSPS) is 10.1. The molecule has 0 aliphatic rings. The Morgan fingerprint density at radius 3 is 2.50 bits per heavy atom. The van der Waals surface area contributed by atoms with Crippen LogP contribution in [-0.4, -0.2) is 10.8 Å². The zero-order valence-electron chi connectivity index (χ0n) is 8.77. The molecule has 0 fully saturated rings. The van der Waals surface area contributed by atoms with Crippen molar-refractivity contribution in [3.05, 3.63) is 63.9 Å². The summed E-state index contributed by atoms with van der Waals surface area (Å²) in [5, 5.41) is 0. The fraction of sp³-hybridized carbons (Fsp3) is 0.0769. The zero-order valence-corrected chi connectivity index (χ0v) is 10.4. The topological polar surface area (TPSA) is 30.0 Å². The summed E-state index contributed by atoms with van der Waals surface area (Å²) >= 11 is 3.34. The summed E-state index contributed by atoms with van der Waals surface area (Å²) in [5.74, 6) is 0.0121. The fourth-order valence-electron chi connectivity index (χ4n) is 1.46. The lowest BCUT2D eigenvalue weighted by atomic mass is 10.0. The van der Waals surface area contributed by atoms with Gasteiger partial charge < -0.3 is 0 Å². The van der Waals surface area contributed by atoms with Gasteiger partial charge in [-0.05, 0) is 42.8 Å². The summed E-state index contributed by atoms with van der Waals surface area (Å²) in [4.78, 5) is 16.1. The Labute approximate surface area is 102 Å². The number of rotatable bonds is 2. The van der Waals surface area contributed by atoms with Crippen LogP contribution < -0.4 is 0 Å². The van der Waals surface area contributed by atoms with Crippen LogP contribution in [0.15, 0.2) is 47.2 Å². The van der Waals surface area contributed by atoms with E-state index in [0.29, 0.717) is 11.1 Å². The third kappa shape index (κ3) is 2.19. The number of aromatic nitrogens is 1. The molecule has 1 heterocycles. The Bertz CT molecular complexity index is 520. The molecule has 0 N–H and O–H groups in total. The van der Waals surface area contributed by atoms with Gasteiger partial charge in [0.2, 0.25) is 0 Å². The maximum Gasteiger partial charge on any atom is 0.194 e. The summed E-state index contributed by atoms with van der Waals surface area (Å²) in [5.41, 5.74) is 2.28. The number of benzene rings is 1. The number of carbonyl (C=O) groups excluding carboxylic acids is 1. The molecule has 1 aromatic heterocycles. The summed E-state index contributed by atoms with van der Waals surface area (Å²) in [6.45, 7) is 1.91. The Kier molecular flexibility index (Phi) is 3.15. The number of hydrogen-bond acceptors (Lipinski definition) is 2. The number of hydrogen-bond donors (Lipinski definition) is 0. The van der Waals surface area contributed by atoms with E-state index in [0.717, 1.165) is 10.0 Å². The van der Waals surface area contributed by atoms with Crippen LogP contribution in [0.1, 0.15) is 21.5 Å². The average Bonchev–Trinajstić information content (AvgIpc) is 2.30. The predicted molar refractivity (Wildman–Crippen MR) is 66.5 cm³/mol. The van der Waals surface area contributed by atoms with Crippen molar-refractivity contribution in [2.75, 3.05) is 0 Å². The van der Waals surface area contributed by atoms with E-state index in [9.17, 15) is 4.79 Å². The van der Waals surface area contributed by atoms with Crippen LogP contribution in [0, 0.1) is 6.92 Å². The highest BCUT2D eigenvalue weighted by atomic mass is 79.9. The van der Waals surface area contributed by atoms with Crippen molar-refractivity contribution in [2.24, 2.45) is 0 Å². The molecule has 0 saturated carbocycles. The van der Waals surface area contributed by atoms with Crippen molar-refractivity contribution in [3.63, 3.8) is 0 Å². The third-order valence-corrected chi connectivity index (χ3v) is 2.92. The molecule has 0 aliphatic carbocycles. The standard InChI is InChI=1S/C13H10BrNO/c1-9-6-7-15-8-12(9)13(16)10-2-4-11(14)5-3-10/h2-8H,1H3. The van der Waals surface area contributed by atoms with Crippen molar-refractivity contribution in [1.29, 1.82) is 0 Å². The molecule has 2 nitrogen and oxygen atoms in total. The van der Waals surface area contributed by atoms with Crippen LogP contribution in [0.5, 0.6) is 0 Å². The van der Waals surface area contributed by atoms with E-state index in [1.807, 2.05) is 25.1 Å². The second-order valence-corrected chi connectivity index (χ2v) is 4.44. The molecule has 16 heavy (non-hydrogen) atoms. The largest absolute Gasteiger partial charge is 0.289 e. The van der Waals surface area contributed by atoms with E-state index < -0.39 is 0 Å². The molecule has 0 radical (unpaired) electrons. The summed E-state index contributed by atoms with van der Waals surface area (Å²) < 4.78 is 0.965. The van der Waals surface area contributed by atoms with Gasteiger partial charge in [-0.1, -0.05) is 15.9 Å². The second kappa shape index (κ2) is 4.58. The Morgan fingerprint density at radius 2 is 1.88 bits per heavy atom. The molecular weight excluding hydrogens is 266 g/mol. The van der Waals surface area contributed by atoms with Gasteiger partial charge in [-0.25, -0.2) is 0 Å². The van der Waals surface area contributed by atoms with Gasteiger partial charge in [0.05, 0.1) is 0 Å². The van der Waals surface area contributed by atoms with E-state index in [-0.39, 0.29) is 5.78 Å². The highest BCUT2D eigenvalue weighted by Gasteiger charge is 2.11. The van der Waals surface area contributed by atoms with Gasteiger partial charge in [0.1, 0.15) is 0 Å². The Hall–Kier alpha value is -1.48. The van der Waals surface area contributed by atoms with E-state index in [2.05, 4.69) is 20.9 Å². The van der Waals surface area contributed by atoms with Gasteiger partial charge in [0.15, 0.2) is 5.78 Å². The number of aryl methyl sites for hydroxylation is 1. The van der Waals surface area contributed by atoms with Gasteiger partial charge >= 0.3 is 0 Å². The molecule has 0 spiro atoms. The Balaban J connectivity index is 2.40. The van der Waals surface area contributed by atoms with E-state index in [1.54, 1.807) is 24.5 Å². The molecule has 2 rings (SSSR count). The Morgan fingerprint density at radius 1 is 1.19 bits per heavy atom. The van der Waals surface area contributed by atoms with Crippen LogP contribution in [0.2, 0.25) is 0 Å². The smallest absolute Gasteiger partial charge is 0.194 e. The van der Waals surface area contributed by atoms with Crippen molar-refractivity contribution < 1.29 is 4.79 Å². The van der Waals surface area contributed by atoms with E-state index >= 15 is 0 Å². The first kappa shape index (κ1) is 11.0. The minimum atomic E-state index is 0.0121. The summed E-state index contributed by atoms with van der Waals surface area (Å²) in [6, 6.07) is 9.17. The van der Waals surface area contributed by atoms with Gasteiger partial charge in [-0.15, -0.1) is 0 Å². The van der Waals surface area contributed by atoms with Crippen LogP contribution >= 0.6 is 15.9 Å². The minimum Gasteiger partial charge on any atom is -0.289 e. The van der Waals surface area contributed by atoms with Gasteiger partial charge in [0.25, 0.3) is 0 Å². The van der Waals surface area contributed by atoms with Crippen LogP contribution in [0.3, 0.4) is 0 Å². The number of carbonyl (C=O) groups is 1. The minimum absolute atomic E-state index is 0.0121. The molecule has 1 aromatic carbocycles. The van der Waals surface area contributed by atoms with Crippen LogP contribution in [-0.2, 0) is 0 Å². The highest BCUT2D eigenvalue weighted by Crippen LogP contribution is 2.15. The van der Waals surface area contributed by atoms with Crippen molar-refractivity contribution >= 4 is 21.7 Å². The van der Waals surface area contributed by atoms with Crippen molar-refractivity contribution in [3.8, 4) is 0 Å². The lowest BCUT2D eigenvalue weighted by Gasteiger charge is -2.03. The number of nitrogens with zero attached hydrogens (tertiary/aromatic N) is 1. The van der Waals surface area contributed by atoms with Crippen molar-refractivity contribution in [2.45, 2.75) is 6.92 Å². The average molecular weight is 276 g/mol. The zero-order chi connectivity index (χ0) is 11.5. The highest BCUT2D eigenvalue weighted by molar-refractivity contribution is 9.10. The van der Waals surface area contributed by atoms with E-state index in [4.69, 9.17) is 0 Å². The molecule has 0 atom stereocenters. The summed E-state index contributed by atoms with van der Waals surface area (Å²) in [7, 11) is 0. The molecule has 0 unspecified atom stereocenters. The van der Waals surface area contributed by atoms with Gasteiger partial charge in [0, 0.05) is 28.0 Å². The van der Waals surface area contributed by atoms with Gasteiger partial charge in [-0.3, -0.25) is 9.78 Å². The maximum absolute atomic E-state index is 12.1. The fourth-order valence-corrected chi connectivity index (χ4v) is 1.72. The quantitative estimate of drug-likeness (QED) is 0.787. The number of ketones is 1. The molecule has 0 aliphatic heterocycles. The molecule has 0 saturated heterocycles. The number of pyridine rings is 1. The molecule has 0 amide bonds. The molecular formula is C13H10BrNO. The second-order valence-electron chi connectivity index (χ2n) is 3.53. The first-order valence-electron chi connectivity index (χ1n) is 4.89. The third-order valence-electron chi connectivity index (χ3n) is 2.39. The lowest BCUT2D eigenvalue weighted by molar-refractivity contribution is 0.103. The van der Waals surface area contributed by atoms with Crippen LogP contribution in [0.25, 0.3) is 0 Å². The molecule has 2 aromatic rings. The van der Waals surface area contributed by atoms with Crippen LogP contribution in [0.4, 0.5) is 0 Å². The first-order valence-corrected chi connectivity index (χ1v) is 5.68. The van der Waals surface area contributed by atoms with E-state index in [1.165, 1.54) is 0 Å². The summed E-state index contributed by atoms with van der Waals surface area (Å²) in [6.07, 6.45) is 3.30. The number of halogens is 1. The molecule has 3 heteroatoms. The lowest BCUT2D eigenvalue weighted by Crippen LogP contribution is -2.03. The van der Waals surface area contributed by atoms with Gasteiger partial charge in [-0.2, -0.15) is 0 Å². The molecule has 80 valence electrons. The monoisotopic (exact) mass is 275 g/mol. The van der Waals surface area contributed by atoms with Crippen molar-refractivity contribution in [1.82, 2.24) is 4.98 Å². The SMILES string of the molecule is Cc1ccncc1C(=O)c1ccc(Br)cc1. The predicted octanol–water partition coefficient (Wildman–Crippen LogP) is 3.38.